The summed E-state index contributed by atoms with van der Waals surface area (Å²) in [6, 6.07) is 22.5. The van der Waals surface area contributed by atoms with Crippen LogP contribution < -0.4 is 9.46 Å². The summed E-state index contributed by atoms with van der Waals surface area (Å²) in [6.07, 6.45) is 0.713. The van der Waals surface area contributed by atoms with Crippen LogP contribution in [0.25, 0.3) is 16.7 Å². The van der Waals surface area contributed by atoms with Crippen molar-refractivity contribution in [3.8, 4) is 11.6 Å². The van der Waals surface area contributed by atoms with Crippen LogP contribution in [0.15, 0.2) is 83.8 Å². The van der Waals surface area contributed by atoms with Gasteiger partial charge in [-0.05, 0) is 48.5 Å². The monoisotopic (exact) mass is 445 g/mol. The van der Waals surface area contributed by atoms with E-state index in [2.05, 4.69) is 19.9 Å². The van der Waals surface area contributed by atoms with Gasteiger partial charge in [0.1, 0.15) is 11.6 Å². The lowest BCUT2D eigenvalue weighted by Crippen LogP contribution is -2.12. The minimum absolute atomic E-state index is 0.196. The summed E-state index contributed by atoms with van der Waals surface area (Å²) in [7, 11) is -3.66. The number of fused-ring (bicyclic) bond motifs is 3. The van der Waals surface area contributed by atoms with E-state index < -0.39 is 10.0 Å². The molecule has 0 fully saturated rings. The Morgan fingerprint density at radius 3 is 2.38 bits per heavy atom. The molecule has 0 aliphatic heterocycles. The molecule has 9 heteroatoms. The summed E-state index contributed by atoms with van der Waals surface area (Å²) in [6.45, 7) is 2.02. The molecule has 0 spiro atoms. The highest BCUT2D eigenvalue weighted by molar-refractivity contribution is 7.92. The molecule has 0 aliphatic rings. The Bertz CT molecular complexity index is 1510. The smallest absolute Gasteiger partial charge is 0.266 e. The molecule has 0 saturated heterocycles. The number of ether oxygens (including phenoxy) is 1. The van der Waals surface area contributed by atoms with E-state index in [1.807, 2.05) is 35.6 Å². The molecule has 0 saturated carbocycles. The van der Waals surface area contributed by atoms with E-state index in [9.17, 15) is 8.42 Å². The third-order valence-electron chi connectivity index (χ3n) is 4.96. The van der Waals surface area contributed by atoms with Crippen molar-refractivity contribution < 1.29 is 13.2 Å². The Morgan fingerprint density at radius 2 is 1.62 bits per heavy atom. The van der Waals surface area contributed by atoms with Gasteiger partial charge < -0.3 is 4.74 Å². The van der Waals surface area contributed by atoms with Crippen LogP contribution in [0.2, 0.25) is 0 Å². The number of rotatable bonds is 6. The van der Waals surface area contributed by atoms with E-state index in [4.69, 9.17) is 4.74 Å². The highest BCUT2D eigenvalue weighted by Gasteiger charge is 2.17. The zero-order valence-corrected chi connectivity index (χ0v) is 18.0. The molecule has 0 bridgehead atoms. The van der Waals surface area contributed by atoms with Gasteiger partial charge in [-0.2, -0.15) is 0 Å². The maximum atomic E-state index is 12.5. The second-order valence-electron chi connectivity index (χ2n) is 7.08. The maximum Gasteiger partial charge on any atom is 0.266 e. The number of hydrogen-bond donors (Lipinski definition) is 1. The van der Waals surface area contributed by atoms with Crippen LogP contribution in [-0.4, -0.2) is 28.0 Å². The molecule has 8 nitrogen and oxygen atoms in total. The first-order chi connectivity index (χ1) is 15.5. The van der Waals surface area contributed by atoms with Crippen molar-refractivity contribution in [1.82, 2.24) is 19.6 Å². The van der Waals surface area contributed by atoms with Crippen molar-refractivity contribution in [3.05, 3.63) is 84.7 Å². The molecule has 5 rings (SSSR count). The minimum atomic E-state index is -3.66. The van der Waals surface area contributed by atoms with Gasteiger partial charge in [0.25, 0.3) is 15.9 Å². The topological polar surface area (TPSA) is 98.5 Å². The number of benzene rings is 3. The Labute approximate surface area is 184 Å². The van der Waals surface area contributed by atoms with E-state index >= 15 is 0 Å². The number of para-hydroxylation sites is 2. The predicted molar refractivity (Wildman–Crippen MR) is 121 cm³/mol. The van der Waals surface area contributed by atoms with E-state index in [0.29, 0.717) is 29.4 Å². The van der Waals surface area contributed by atoms with Crippen molar-refractivity contribution in [2.24, 2.45) is 0 Å². The quantitative estimate of drug-likeness (QED) is 0.415. The zero-order chi connectivity index (χ0) is 22.1. The van der Waals surface area contributed by atoms with Gasteiger partial charge in [-0.25, -0.2) is 13.4 Å². The molecule has 0 aliphatic carbocycles. The lowest BCUT2D eigenvalue weighted by atomic mass is 10.3. The van der Waals surface area contributed by atoms with Crippen LogP contribution in [0.1, 0.15) is 12.7 Å². The zero-order valence-electron chi connectivity index (χ0n) is 17.1. The van der Waals surface area contributed by atoms with Crippen molar-refractivity contribution in [1.29, 1.82) is 0 Å². The lowest BCUT2D eigenvalue weighted by Gasteiger charge is -2.11. The first kappa shape index (κ1) is 20.0. The molecule has 2 aromatic heterocycles. The molecule has 0 unspecified atom stereocenters. The summed E-state index contributed by atoms with van der Waals surface area (Å²) in [5.74, 6) is 1.64. The summed E-state index contributed by atoms with van der Waals surface area (Å²) in [5.41, 5.74) is 2.61. The molecule has 32 heavy (non-hydrogen) atoms. The van der Waals surface area contributed by atoms with Gasteiger partial charge in [0, 0.05) is 12.1 Å². The van der Waals surface area contributed by atoms with Crippen molar-refractivity contribution >= 4 is 32.4 Å². The molecule has 5 aromatic rings. The van der Waals surface area contributed by atoms with Crippen LogP contribution in [0.3, 0.4) is 0 Å². The van der Waals surface area contributed by atoms with Crippen LogP contribution >= 0.6 is 0 Å². The van der Waals surface area contributed by atoms with Crippen LogP contribution in [0.5, 0.6) is 11.6 Å². The first-order valence-corrected chi connectivity index (χ1v) is 11.5. The van der Waals surface area contributed by atoms with Gasteiger partial charge in [-0.3, -0.25) is 9.12 Å². The summed E-state index contributed by atoms with van der Waals surface area (Å²) >= 11 is 0. The summed E-state index contributed by atoms with van der Waals surface area (Å²) in [5, 5.41) is 8.53. The highest BCUT2D eigenvalue weighted by atomic mass is 32.2. The van der Waals surface area contributed by atoms with Crippen LogP contribution in [0.4, 0.5) is 5.69 Å². The number of sulfonamides is 1. The third kappa shape index (κ3) is 3.63. The molecule has 0 atom stereocenters. The molecule has 3 aromatic carbocycles. The van der Waals surface area contributed by atoms with E-state index in [0.717, 1.165) is 16.9 Å². The molecule has 0 radical (unpaired) electrons. The summed E-state index contributed by atoms with van der Waals surface area (Å²) in [4.78, 5) is 4.81. The van der Waals surface area contributed by atoms with Gasteiger partial charge in [-0.15, -0.1) is 10.2 Å². The SMILES string of the molecule is CCc1nnc2c(Oc3ccc(NS(=O)(=O)c4ccccc4)cc3)nc3ccccc3n12. The number of anilines is 1. The Hall–Kier alpha value is -3.98. The van der Waals surface area contributed by atoms with Gasteiger partial charge in [0.05, 0.1) is 15.9 Å². The van der Waals surface area contributed by atoms with Crippen LogP contribution in [0, 0.1) is 0 Å². The van der Waals surface area contributed by atoms with Crippen molar-refractivity contribution in [2.75, 3.05) is 4.72 Å². The van der Waals surface area contributed by atoms with Crippen molar-refractivity contribution in [2.45, 2.75) is 18.2 Å². The molecule has 2 heterocycles. The fourth-order valence-electron chi connectivity index (χ4n) is 3.43. The Balaban J connectivity index is 1.45. The summed E-state index contributed by atoms with van der Waals surface area (Å²) < 4.78 is 35.5. The highest BCUT2D eigenvalue weighted by Crippen LogP contribution is 2.28. The van der Waals surface area contributed by atoms with Gasteiger partial charge >= 0.3 is 0 Å². The average molecular weight is 446 g/mol. The molecule has 160 valence electrons. The fraction of sp³-hybridized carbons (Fsp3) is 0.0870. The van der Waals surface area contributed by atoms with E-state index in [-0.39, 0.29) is 4.90 Å². The number of hydrogen-bond acceptors (Lipinski definition) is 6. The normalized spacial score (nSPS) is 11.7. The molecular formula is C23H19N5O3S. The lowest BCUT2D eigenvalue weighted by molar-refractivity contribution is 0.467. The van der Waals surface area contributed by atoms with E-state index in [1.54, 1.807) is 54.6 Å². The molecule has 1 N–H and O–H groups in total. The van der Waals surface area contributed by atoms with Crippen LogP contribution in [-0.2, 0) is 16.4 Å². The third-order valence-corrected chi connectivity index (χ3v) is 6.35. The minimum Gasteiger partial charge on any atom is -0.436 e. The second-order valence-corrected chi connectivity index (χ2v) is 8.76. The van der Waals surface area contributed by atoms with E-state index in [1.165, 1.54) is 0 Å². The predicted octanol–water partition coefficient (Wildman–Crippen LogP) is 4.43. The average Bonchev–Trinajstić information content (AvgIpc) is 3.26. The number of nitrogens with zero attached hydrogens (tertiary/aromatic N) is 4. The Kier molecular flexibility index (Phi) is 4.95. The fourth-order valence-corrected chi connectivity index (χ4v) is 4.51. The largest absolute Gasteiger partial charge is 0.436 e. The molecular weight excluding hydrogens is 426 g/mol. The Morgan fingerprint density at radius 1 is 0.906 bits per heavy atom. The van der Waals surface area contributed by atoms with Gasteiger partial charge in [0.2, 0.25) is 5.65 Å². The number of aromatic nitrogens is 4. The number of aryl methyl sites for hydroxylation is 1. The van der Waals surface area contributed by atoms with Gasteiger partial charge in [-0.1, -0.05) is 37.3 Å². The second kappa shape index (κ2) is 7.93. The standard InChI is InChI=1S/C23H19N5O3S/c1-2-21-25-26-22-23(24-19-10-6-7-11-20(19)28(21)22)31-17-14-12-16(13-15-17)27-32(29,30)18-8-4-3-5-9-18/h3-15,27H,2H2,1H3. The number of nitrogens with one attached hydrogen (secondary N) is 1. The molecule has 0 amide bonds. The van der Waals surface area contributed by atoms with Crippen molar-refractivity contribution in [3.63, 3.8) is 0 Å². The van der Waals surface area contributed by atoms with Gasteiger partial charge in [0.15, 0.2) is 0 Å². The maximum absolute atomic E-state index is 12.5. The first-order valence-electron chi connectivity index (χ1n) is 10.0.